The molecule has 5 atom stereocenters. The zero-order valence-corrected chi connectivity index (χ0v) is 21.0. The lowest BCUT2D eigenvalue weighted by Gasteiger charge is -2.25. The zero-order chi connectivity index (χ0) is 23.1. The summed E-state index contributed by atoms with van der Waals surface area (Å²) in [5.41, 5.74) is 15.0. The molecular weight excluding hydrogens is 408 g/mol. The molecule has 4 saturated carbocycles. The third-order valence-electron chi connectivity index (χ3n) is 10.3. The van der Waals surface area contributed by atoms with Crippen molar-refractivity contribution in [2.75, 3.05) is 0 Å². The molecule has 2 bridgehead atoms. The Balaban J connectivity index is 1.20. The van der Waals surface area contributed by atoms with E-state index in [-0.39, 0.29) is 0 Å². The van der Waals surface area contributed by atoms with Crippen molar-refractivity contribution in [1.82, 2.24) is 0 Å². The summed E-state index contributed by atoms with van der Waals surface area (Å²) in [5.74, 6) is 4.91. The molecule has 0 amide bonds. The molecule has 7 rings (SSSR count). The maximum atomic E-state index is 4.47. The summed E-state index contributed by atoms with van der Waals surface area (Å²) in [7, 11) is 0. The molecule has 174 valence electrons. The second kappa shape index (κ2) is 7.58. The fourth-order valence-electron chi connectivity index (χ4n) is 8.51. The van der Waals surface area contributed by atoms with Crippen LogP contribution in [0.4, 0.5) is 0 Å². The standard InChI is InChI=1S/C34H38/c1-19-10-20(2)29(17-27-13-23-8-9-25(27)12-23)34(11-19)28-7-5-6-26-14-24(16-33(26)28)15-30-21(3)31-18-32(31)22(30)4/h5-7,10-11,14,23,25,27,30-32H,3-4,8-9,12-13,15-18H2,1-2H3/t23-,25+,27-,30?,31?,32?/m0/s1. The molecule has 0 radical (unpaired) electrons. The predicted octanol–water partition coefficient (Wildman–Crippen LogP) is 8.66. The van der Waals surface area contributed by atoms with E-state index in [0.29, 0.717) is 5.92 Å². The van der Waals surface area contributed by atoms with Crippen LogP contribution in [0.3, 0.4) is 0 Å². The summed E-state index contributed by atoms with van der Waals surface area (Å²) >= 11 is 0. The van der Waals surface area contributed by atoms with Gasteiger partial charge in [0, 0.05) is 5.92 Å². The second-order valence-corrected chi connectivity index (χ2v) is 12.5. The van der Waals surface area contributed by atoms with Gasteiger partial charge in [-0.1, -0.05) is 78.3 Å². The minimum Gasteiger partial charge on any atom is -0.0989 e. The molecule has 2 aromatic rings. The first kappa shape index (κ1) is 21.0. The van der Waals surface area contributed by atoms with Gasteiger partial charge in [-0.25, -0.2) is 0 Å². The lowest BCUT2D eigenvalue weighted by atomic mass is 9.80. The van der Waals surface area contributed by atoms with Crippen LogP contribution in [0.2, 0.25) is 0 Å². The number of rotatable bonds is 5. The predicted molar refractivity (Wildman–Crippen MR) is 144 cm³/mol. The fourth-order valence-corrected chi connectivity index (χ4v) is 8.51. The van der Waals surface area contributed by atoms with Crippen LogP contribution in [0.1, 0.15) is 66.3 Å². The molecule has 0 spiro atoms. The van der Waals surface area contributed by atoms with Crippen LogP contribution >= 0.6 is 0 Å². The summed E-state index contributed by atoms with van der Waals surface area (Å²) in [6, 6.07) is 11.9. The molecule has 0 nitrogen and oxygen atoms in total. The van der Waals surface area contributed by atoms with Crippen molar-refractivity contribution in [3.05, 3.63) is 88.0 Å². The number of hydrogen-bond acceptors (Lipinski definition) is 0. The Kier molecular flexibility index (Phi) is 4.68. The Morgan fingerprint density at radius 3 is 2.44 bits per heavy atom. The van der Waals surface area contributed by atoms with E-state index in [2.05, 4.69) is 63.4 Å². The first-order chi connectivity index (χ1) is 16.5. The topological polar surface area (TPSA) is 0 Å². The lowest BCUT2D eigenvalue weighted by molar-refractivity contribution is 0.331. The largest absolute Gasteiger partial charge is 0.0989 e. The average molecular weight is 447 g/mol. The quantitative estimate of drug-likeness (QED) is 0.403. The fraction of sp³-hybridized carbons (Fsp3) is 0.471. The Bertz CT molecular complexity index is 1230. The third-order valence-corrected chi connectivity index (χ3v) is 10.3. The van der Waals surface area contributed by atoms with Gasteiger partial charge < -0.3 is 0 Å². The first-order valence-corrected chi connectivity index (χ1v) is 13.8. The van der Waals surface area contributed by atoms with Crippen LogP contribution in [0.15, 0.2) is 60.2 Å². The van der Waals surface area contributed by atoms with E-state index in [9.17, 15) is 0 Å². The number of hydrogen-bond donors (Lipinski definition) is 0. The van der Waals surface area contributed by atoms with Crippen molar-refractivity contribution in [3.63, 3.8) is 0 Å². The molecule has 0 aliphatic heterocycles. The van der Waals surface area contributed by atoms with E-state index in [1.165, 1.54) is 77.5 Å². The normalized spacial score (nSPS) is 32.8. The SMILES string of the molecule is C=C1C(CC2=Cc3cccc(-c4cc(C)cc(C)c4C[C@@H]4C[C@H]5CC[C@@H]4C5)c3C2)C(=C)C2CC12. The number of benzene rings is 2. The molecule has 0 heterocycles. The molecule has 5 aliphatic carbocycles. The number of fused-ring (bicyclic) bond motifs is 4. The van der Waals surface area contributed by atoms with Gasteiger partial charge in [-0.2, -0.15) is 0 Å². The highest BCUT2D eigenvalue weighted by Gasteiger charge is 2.51. The molecule has 0 heteroatoms. The lowest BCUT2D eigenvalue weighted by Crippen LogP contribution is -2.14. The number of allylic oxidation sites excluding steroid dienone is 3. The maximum absolute atomic E-state index is 4.47. The molecule has 2 unspecified atom stereocenters. The molecular formula is C34H38. The van der Waals surface area contributed by atoms with Gasteiger partial charge in [0.2, 0.25) is 0 Å². The Morgan fingerprint density at radius 2 is 1.71 bits per heavy atom. The van der Waals surface area contributed by atoms with E-state index in [0.717, 1.165) is 42.4 Å². The summed E-state index contributed by atoms with van der Waals surface area (Å²) in [6.07, 6.45) is 13.2. The van der Waals surface area contributed by atoms with Gasteiger partial charge in [0.15, 0.2) is 0 Å². The van der Waals surface area contributed by atoms with Crippen molar-refractivity contribution in [2.24, 2.45) is 35.5 Å². The van der Waals surface area contributed by atoms with E-state index in [1.807, 2.05) is 0 Å². The summed E-state index contributed by atoms with van der Waals surface area (Å²) < 4.78 is 0. The molecule has 0 aromatic heterocycles. The van der Waals surface area contributed by atoms with Crippen LogP contribution in [0, 0.1) is 49.4 Å². The van der Waals surface area contributed by atoms with Crippen LogP contribution in [0.5, 0.6) is 0 Å². The van der Waals surface area contributed by atoms with Crippen LogP contribution in [-0.4, -0.2) is 0 Å². The van der Waals surface area contributed by atoms with Gasteiger partial charge >= 0.3 is 0 Å². The van der Waals surface area contributed by atoms with Gasteiger partial charge in [0.05, 0.1) is 0 Å². The molecule has 2 aromatic carbocycles. The minimum atomic E-state index is 0.516. The molecule has 5 aliphatic rings. The summed E-state index contributed by atoms with van der Waals surface area (Å²) in [5, 5.41) is 0. The monoisotopic (exact) mass is 446 g/mol. The van der Waals surface area contributed by atoms with Gasteiger partial charge in [0.25, 0.3) is 0 Å². The minimum absolute atomic E-state index is 0.516. The summed E-state index contributed by atoms with van der Waals surface area (Å²) in [4.78, 5) is 0. The van der Waals surface area contributed by atoms with E-state index in [1.54, 1.807) is 16.7 Å². The van der Waals surface area contributed by atoms with Gasteiger partial charge in [0.1, 0.15) is 0 Å². The van der Waals surface area contributed by atoms with Gasteiger partial charge in [-0.3, -0.25) is 0 Å². The van der Waals surface area contributed by atoms with Gasteiger partial charge in [-0.05, 0) is 122 Å². The average Bonchev–Trinajstić information content (AvgIpc) is 3.08. The Hall–Kier alpha value is -2.34. The smallest absolute Gasteiger partial charge is 0.00449 e. The van der Waals surface area contributed by atoms with E-state index < -0.39 is 0 Å². The van der Waals surface area contributed by atoms with E-state index in [4.69, 9.17) is 0 Å². The molecule has 4 fully saturated rings. The van der Waals surface area contributed by atoms with Crippen LogP contribution in [0.25, 0.3) is 17.2 Å². The molecule has 34 heavy (non-hydrogen) atoms. The highest BCUT2D eigenvalue weighted by atomic mass is 14.6. The van der Waals surface area contributed by atoms with Crippen molar-refractivity contribution < 1.29 is 0 Å². The van der Waals surface area contributed by atoms with Crippen molar-refractivity contribution in [2.45, 2.75) is 65.2 Å². The number of aryl methyl sites for hydroxylation is 2. The van der Waals surface area contributed by atoms with Crippen molar-refractivity contribution >= 4 is 6.08 Å². The molecule has 0 N–H and O–H groups in total. The zero-order valence-electron chi connectivity index (χ0n) is 21.0. The maximum Gasteiger partial charge on any atom is 0.00449 e. The van der Waals surface area contributed by atoms with Crippen molar-refractivity contribution in [1.29, 1.82) is 0 Å². The summed E-state index contributed by atoms with van der Waals surface area (Å²) in [6.45, 7) is 13.6. The Morgan fingerprint density at radius 1 is 0.882 bits per heavy atom. The van der Waals surface area contributed by atoms with E-state index >= 15 is 0 Å². The molecule has 0 saturated heterocycles. The van der Waals surface area contributed by atoms with Crippen LogP contribution < -0.4 is 0 Å². The highest BCUT2D eigenvalue weighted by Crippen LogP contribution is 2.61. The van der Waals surface area contributed by atoms with Gasteiger partial charge in [-0.15, -0.1) is 0 Å². The second-order valence-electron chi connectivity index (χ2n) is 12.5. The van der Waals surface area contributed by atoms with Crippen LogP contribution in [-0.2, 0) is 12.8 Å². The third kappa shape index (κ3) is 3.24. The Labute approximate surface area is 205 Å². The highest BCUT2D eigenvalue weighted by molar-refractivity contribution is 5.80. The first-order valence-electron chi connectivity index (χ1n) is 13.8. The van der Waals surface area contributed by atoms with Crippen molar-refractivity contribution in [3.8, 4) is 11.1 Å².